The standard InChI is InChI=1S/C10H13N3/c11-9-5-4-6-10(12-9)13-7-2-1-3-8-13/h1-2,4-6H,3,7-8H2,(H2,11,12). The molecule has 0 saturated heterocycles. The summed E-state index contributed by atoms with van der Waals surface area (Å²) < 4.78 is 0. The molecule has 0 atom stereocenters. The molecule has 68 valence electrons. The van der Waals surface area contributed by atoms with E-state index in [0.29, 0.717) is 5.82 Å². The highest BCUT2D eigenvalue weighted by atomic mass is 15.2. The smallest absolute Gasteiger partial charge is 0.131 e. The molecule has 1 aromatic heterocycles. The van der Waals surface area contributed by atoms with E-state index in [0.717, 1.165) is 25.3 Å². The minimum atomic E-state index is 0.590. The van der Waals surface area contributed by atoms with Crippen molar-refractivity contribution in [3.8, 4) is 0 Å². The van der Waals surface area contributed by atoms with Crippen LogP contribution in [0.3, 0.4) is 0 Å². The molecule has 0 saturated carbocycles. The highest BCUT2D eigenvalue weighted by molar-refractivity contribution is 5.45. The van der Waals surface area contributed by atoms with Crippen LogP contribution in [0.15, 0.2) is 30.4 Å². The predicted molar refractivity (Wildman–Crippen MR) is 54.6 cm³/mol. The van der Waals surface area contributed by atoms with Crippen LogP contribution in [0.2, 0.25) is 0 Å². The van der Waals surface area contributed by atoms with Crippen molar-refractivity contribution in [1.29, 1.82) is 0 Å². The van der Waals surface area contributed by atoms with Gasteiger partial charge in [0, 0.05) is 13.1 Å². The fourth-order valence-electron chi connectivity index (χ4n) is 1.47. The minimum absolute atomic E-state index is 0.590. The van der Waals surface area contributed by atoms with Crippen LogP contribution in [0, 0.1) is 0 Å². The second-order valence-corrected chi connectivity index (χ2v) is 3.13. The number of nitrogens with zero attached hydrogens (tertiary/aromatic N) is 2. The number of aromatic nitrogens is 1. The molecule has 1 aromatic rings. The van der Waals surface area contributed by atoms with Crippen LogP contribution in [0.1, 0.15) is 6.42 Å². The van der Waals surface area contributed by atoms with Gasteiger partial charge in [-0.1, -0.05) is 18.2 Å². The van der Waals surface area contributed by atoms with Crippen LogP contribution in [-0.2, 0) is 0 Å². The van der Waals surface area contributed by atoms with Gasteiger partial charge in [-0.05, 0) is 18.6 Å². The van der Waals surface area contributed by atoms with Crippen molar-refractivity contribution in [1.82, 2.24) is 4.98 Å². The molecular weight excluding hydrogens is 162 g/mol. The summed E-state index contributed by atoms with van der Waals surface area (Å²) in [5, 5.41) is 0. The van der Waals surface area contributed by atoms with Crippen LogP contribution < -0.4 is 10.6 Å². The fourth-order valence-corrected chi connectivity index (χ4v) is 1.47. The number of rotatable bonds is 1. The third kappa shape index (κ3) is 1.80. The maximum atomic E-state index is 5.61. The Labute approximate surface area is 77.9 Å². The van der Waals surface area contributed by atoms with Crippen molar-refractivity contribution in [2.75, 3.05) is 23.7 Å². The van der Waals surface area contributed by atoms with Crippen molar-refractivity contribution in [3.63, 3.8) is 0 Å². The van der Waals surface area contributed by atoms with Gasteiger partial charge in [-0.15, -0.1) is 0 Å². The van der Waals surface area contributed by atoms with Gasteiger partial charge in [-0.2, -0.15) is 0 Å². The van der Waals surface area contributed by atoms with E-state index >= 15 is 0 Å². The summed E-state index contributed by atoms with van der Waals surface area (Å²) in [5.74, 6) is 1.57. The van der Waals surface area contributed by atoms with E-state index in [4.69, 9.17) is 5.73 Å². The number of hydrogen-bond donors (Lipinski definition) is 1. The summed E-state index contributed by atoms with van der Waals surface area (Å²) in [5.41, 5.74) is 5.61. The molecule has 0 unspecified atom stereocenters. The first-order valence-corrected chi connectivity index (χ1v) is 4.49. The third-order valence-corrected chi connectivity index (χ3v) is 2.14. The lowest BCUT2D eigenvalue weighted by atomic mass is 10.2. The average molecular weight is 175 g/mol. The molecular formula is C10H13N3. The topological polar surface area (TPSA) is 42.1 Å². The number of nitrogens with two attached hydrogens (primary N) is 1. The summed E-state index contributed by atoms with van der Waals surface area (Å²) in [6.07, 6.45) is 5.45. The fraction of sp³-hybridized carbons (Fsp3) is 0.300. The van der Waals surface area contributed by atoms with Gasteiger partial charge in [-0.25, -0.2) is 4.98 Å². The summed E-state index contributed by atoms with van der Waals surface area (Å²) in [7, 11) is 0. The Bertz CT molecular complexity index is 320. The van der Waals surface area contributed by atoms with Crippen molar-refractivity contribution in [3.05, 3.63) is 30.4 Å². The van der Waals surface area contributed by atoms with Crippen LogP contribution in [-0.4, -0.2) is 18.1 Å². The zero-order valence-electron chi connectivity index (χ0n) is 7.48. The van der Waals surface area contributed by atoms with Gasteiger partial charge in [0.05, 0.1) is 0 Å². The molecule has 2 heterocycles. The van der Waals surface area contributed by atoms with E-state index < -0.39 is 0 Å². The van der Waals surface area contributed by atoms with Gasteiger partial charge >= 0.3 is 0 Å². The predicted octanol–water partition coefficient (Wildman–Crippen LogP) is 1.43. The summed E-state index contributed by atoms with van der Waals surface area (Å²) in [6, 6.07) is 5.74. The molecule has 2 rings (SSSR count). The Morgan fingerprint density at radius 1 is 1.31 bits per heavy atom. The van der Waals surface area contributed by atoms with Crippen LogP contribution in [0.25, 0.3) is 0 Å². The van der Waals surface area contributed by atoms with E-state index in [-0.39, 0.29) is 0 Å². The van der Waals surface area contributed by atoms with E-state index in [2.05, 4.69) is 22.0 Å². The molecule has 13 heavy (non-hydrogen) atoms. The second-order valence-electron chi connectivity index (χ2n) is 3.13. The molecule has 0 radical (unpaired) electrons. The molecule has 3 heteroatoms. The first kappa shape index (κ1) is 8.10. The zero-order chi connectivity index (χ0) is 9.10. The normalized spacial score (nSPS) is 16.2. The van der Waals surface area contributed by atoms with Crippen molar-refractivity contribution >= 4 is 11.6 Å². The van der Waals surface area contributed by atoms with Crippen LogP contribution >= 0.6 is 0 Å². The lowest BCUT2D eigenvalue weighted by molar-refractivity contribution is 0.807. The molecule has 0 fully saturated rings. The maximum absolute atomic E-state index is 5.61. The first-order valence-electron chi connectivity index (χ1n) is 4.49. The quantitative estimate of drug-likeness (QED) is 0.656. The average Bonchev–Trinajstić information content (AvgIpc) is 2.19. The summed E-state index contributed by atoms with van der Waals surface area (Å²) in [4.78, 5) is 6.49. The zero-order valence-corrected chi connectivity index (χ0v) is 7.48. The molecule has 1 aliphatic rings. The van der Waals surface area contributed by atoms with Gasteiger partial charge in [-0.3, -0.25) is 0 Å². The molecule has 3 nitrogen and oxygen atoms in total. The van der Waals surface area contributed by atoms with E-state index in [1.165, 1.54) is 0 Å². The third-order valence-electron chi connectivity index (χ3n) is 2.14. The number of nitrogen functional groups attached to an aromatic ring is 1. The molecule has 0 aliphatic carbocycles. The van der Waals surface area contributed by atoms with Gasteiger partial charge in [0.15, 0.2) is 0 Å². The largest absolute Gasteiger partial charge is 0.384 e. The lowest BCUT2D eigenvalue weighted by Gasteiger charge is -2.24. The number of hydrogen-bond acceptors (Lipinski definition) is 3. The molecule has 2 N–H and O–H groups in total. The van der Waals surface area contributed by atoms with Crippen molar-refractivity contribution in [2.24, 2.45) is 0 Å². The molecule has 0 amide bonds. The van der Waals surface area contributed by atoms with E-state index in [1.807, 2.05) is 18.2 Å². The van der Waals surface area contributed by atoms with Crippen molar-refractivity contribution in [2.45, 2.75) is 6.42 Å². The summed E-state index contributed by atoms with van der Waals surface area (Å²) in [6.45, 7) is 1.98. The summed E-state index contributed by atoms with van der Waals surface area (Å²) >= 11 is 0. The van der Waals surface area contributed by atoms with Gasteiger partial charge in [0.1, 0.15) is 11.6 Å². The first-order chi connectivity index (χ1) is 6.36. The Morgan fingerprint density at radius 3 is 2.92 bits per heavy atom. The van der Waals surface area contributed by atoms with Gasteiger partial charge in [0.25, 0.3) is 0 Å². The second kappa shape index (κ2) is 3.47. The van der Waals surface area contributed by atoms with E-state index in [1.54, 1.807) is 0 Å². The highest BCUT2D eigenvalue weighted by Gasteiger charge is 2.07. The van der Waals surface area contributed by atoms with Gasteiger partial charge in [0.2, 0.25) is 0 Å². The lowest BCUT2D eigenvalue weighted by Crippen LogP contribution is -2.27. The maximum Gasteiger partial charge on any atom is 0.131 e. The van der Waals surface area contributed by atoms with Gasteiger partial charge < -0.3 is 10.6 Å². The number of anilines is 2. The Hall–Kier alpha value is -1.51. The Morgan fingerprint density at radius 2 is 2.23 bits per heavy atom. The Balaban J connectivity index is 2.20. The highest BCUT2D eigenvalue weighted by Crippen LogP contribution is 2.14. The van der Waals surface area contributed by atoms with E-state index in [9.17, 15) is 0 Å². The minimum Gasteiger partial charge on any atom is -0.384 e. The SMILES string of the molecule is Nc1cccc(N2CC=CCC2)n1. The van der Waals surface area contributed by atoms with Crippen LogP contribution in [0.4, 0.5) is 11.6 Å². The van der Waals surface area contributed by atoms with Crippen molar-refractivity contribution < 1.29 is 0 Å². The molecule has 0 aromatic carbocycles. The van der Waals surface area contributed by atoms with Crippen LogP contribution in [0.5, 0.6) is 0 Å². The molecule has 0 spiro atoms. The molecule has 0 bridgehead atoms. The monoisotopic (exact) mass is 175 g/mol. The Kier molecular flexibility index (Phi) is 2.17. The number of pyridine rings is 1. The molecule has 1 aliphatic heterocycles.